The first-order valence-electron chi connectivity index (χ1n) is 9.87. The summed E-state index contributed by atoms with van der Waals surface area (Å²) >= 11 is 6.24. The zero-order chi connectivity index (χ0) is 24.0. The van der Waals surface area contributed by atoms with E-state index in [1.54, 1.807) is 26.5 Å². The average Bonchev–Trinajstić information content (AvgIpc) is 3.19. The van der Waals surface area contributed by atoms with Crippen LogP contribution >= 0.6 is 11.6 Å². The number of anilines is 3. The fraction of sp³-hybridized carbons (Fsp3) is 0.300. The molecule has 0 radical (unpaired) electrons. The summed E-state index contributed by atoms with van der Waals surface area (Å²) in [6, 6.07) is 7.49. The maximum Gasteiger partial charge on any atom is 0.243 e. The Hall–Kier alpha value is -3.22. The molecule has 0 saturated heterocycles. The van der Waals surface area contributed by atoms with Crippen LogP contribution in [0.4, 0.5) is 17.5 Å². The number of aromatic nitrogens is 4. The Kier molecular flexibility index (Phi) is 7.84. The topological polar surface area (TPSA) is 134 Å². The predicted octanol–water partition coefficient (Wildman–Crippen LogP) is 1.82. The average molecular weight is 493 g/mol. The van der Waals surface area contributed by atoms with Crippen molar-refractivity contribution in [3.63, 3.8) is 0 Å². The SMILES string of the molecule is CN(C)C(=O)Cn1cc(Nc2ncc(Cl)c(NCc3cccc(CNS(C)(=O)=O)c3)n2)cn1. The van der Waals surface area contributed by atoms with Crippen LogP contribution in [0, 0.1) is 0 Å². The molecule has 3 aromatic rings. The molecule has 0 aliphatic rings. The third-order valence-corrected chi connectivity index (χ3v) is 5.36. The second kappa shape index (κ2) is 10.6. The summed E-state index contributed by atoms with van der Waals surface area (Å²) in [5.41, 5.74) is 2.39. The van der Waals surface area contributed by atoms with E-state index in [0.29, 0.717) is 29.0 Å². The Balaban J connectivity index is 1.63. The highest BCUT2D eigenvalue weighted by Gasteiger charge is 2.10. The summed E-state index contributed by atoms with van der Waals surface area (Å²) in [5, 5.41) is 10.7. The van der Waals surface area contributed by atoms with Gasteiger partial charge in [0.25, 0.3) is 0 Å². The maximum absolute atomic E-state index is 11.8. The number of carbonyl (C=O) groups excluding carboxylic acids is 1. The van der Waals surface area contributed by atoms with Crippen LogP contribution in [0.5, 0.6) is 0 Å². The lowest BCUT2D eigenvalue weighted by Crippen LogP contribution is -2.26. The minimum Gasteiger partial charge on any atom is -0.365 e. The molecule has 1 aromatic carbocycles. The predicted molar refractivity (Wildman–Crippen MR) is 127 cm³/mol. The molecule has 0 aliphatic heterocycles. The number of nitrogens with one attached hydrogen (secondary N) is 3. The van der Waals surface area contributed by atoms with Gasteiger partial charge in [0.1, 0.15) is 11.6 Å². The molecule has 0 spiro atoms. The third-order valence-electron chi connectivity index (χ3n) is 4.42. The van der Waals surface area contributed by atoms with Gasteiger partial charge in [-0.3, -0.25) is 9.48 Å². The number of halogens is 1. The Morgan fingerprint density at radius 2 is 1.91 bits per heavy atom. The number of hydrogen-bond acceptors (Lipinski definition) is 8. The van der Waals surface area contributed by atoms with Crippen molar-refractivity contribution in [2.24, 2.45) is 0 Å². The minimum atomic E-state index is -3.27. The first kappa shape index (κ1) is 24.4. The van der Waals surface area contributed by atoms with Gasteiger partial charge in [-0.1, -0.05) is 35.9 Å². The Morgan fingerprint density at radius 3 is 2.61 bits per heavy atom. The fourth-order valence-electron chi connectivity index (χ4n) is 2.72. The summed E-state index contributed by atoms with van der Waals surface area (Å²) in [5.74, 6) is 0.672. The zero-order valence-corrected chi connectivity index (χ0v) is 20.0. The van der Waals surface area contributed by atoms with E-state index in [1.807, 2.05) is 24.3 Å². The third kappa shape index (κ3) is 7.70. The summed E-state index contributed by atoms with van der Waals surface area (Å²) < 4.78 is 26.6. The van der Waals surface area contributed by atoms with E-state index >= 15 is 0 Å². The molecule has 0 atom stereocenters. The Morgan fingerprint density at radius 1 is 1.18 bits per heavy atom. The number of sulfonamides is 1. The maximum atomic E-state index is 11.8. The van der Waals surface area contributed by atoms with E-state index in [-0.39, 0.29) is 19.0 Å². The molecule has 2 aromatic heterocycles. The second-order valence-corrected chi connectivity index (χ2v) is 9.74. The molecule has 2 heterocycles. The van der Waals surface area contributed by atoms with Gasteiger partial charge in [0.05, 0.1) is 24.3 Å². The molecule has 1 amide bonds. The quantitative estimate of drug-likeness (QED) is 0.390. The van der Waals surface area contributed by atoms with E-state index in [9.17, 15) is 13.2 Å². The molecule has 3 N–H and O–H groups in total. The van der Waals surface area contributed by atoms with Crippen molar-refractivity contribution in [1.29, 1.82) is 0 Å². The molecule has 3 rings (SSSR count). The van der Waals surface area contributed by atoms with E-state index in [1.165, 1.54) is 15.8 Å². The van der Waals surface area contributed by atoms with Gasteiger partial charge in [-0.2, -0.15) is 10.1 Å². The molecule has 0 aliphatic carbocycles. The van der Waals surface area contributed by atoms with Crippen LogP contribution in [0.15, 0.2) is 42.9 Å². The van der Waals surface area contributed by atoms with Crippen molar-refractivity contribution in [2.45, 2.75) is 19.6 Å². The standard InChI is InChI=1S/C20H25ClN8O3S/c1-28(2)18(30)13-29-12-16(10-24-29)26-20-23-11-17(21)19(27-20)22-8-14-5-4-6-15(7-14)9-25-33(3,31)32/h4-7,10-12,25H,8-9,13H2,1-3H3,(H2,22,23,26,27). The van der Waals surface area contributed by atoms with Gasteiger partial charge in [-0.25, -0.2) is 18.1 Å². The largest absolute Gasteiger partial charge is 0.365 e. The van der Waals surface area contributed by atoms with Crippen LogP contribution in [0.1, 0.15) is 11.1 Å². The molecule has 176 valence electrons. The van der Waals surface area contributed by atoms with Gasteiger partial charge in [-0.05, 0) is 11.1 Å². The molecule has 13 heteroatoms. The molecule has 33 heavy (non-hydrogen) atoms. The van der Waals surface area contributed by atoms with Crippen molar-refractivity contribution < 1.29 is 13.2 Å². The lowest BCUT2D eigenvalue weighted by atomic mass is 10.1. The van der Waals surface area contributed by atoms with E-state index < -0.39 is 10.0 Å². The highest BCUT2D eigenvalue weighted by Crippen LogP contribution is 2.22. The number of hydrogen-bond donors (Lipinski definition) is 3. The van der Waals surface area contributed by atoms with Crippen LogP contribution < -0.4 is 15.4 Å². The monoisotopic (exact) mass is 492 g/mol. The first-order chi connectivity index (χ1) is 15.6. The summed E-state index contributed by atoms with van der Waals surface area (Å²) in [4.78, 5) is 21.9. The van der Waals surface area contributed by atoms with Crippen molar-refractivity contribution >= 4 is 45.0 Å². The van der Waals surface area contributed by atoms with Crippen molar-refractivity contribution in [3.05, 3.63) is 59.0 Å². The van der Waals surface area contributed by atoms with Gasteiger partial charge < -0.3 is 15.5 Å². The minimum absolute atomic E-state index is 0.0740. The van der Waals surface area contributed by atoms with E-state index in [0.717, 1.165) is 17.4 Å². The van der Waals surface area contributed by atoms with E-state index in [2.05, 4.69) is 30.4 Å². The number of benzene rings is 1. The summed E-state index contributed by atoms with van der Waals surface area (Å²) in [6.07, 6.45) is 5.85. The molecule has 0 fully saturated rings. The lowest BCUT2D eigenvalue weighted by molar-refractivity contribution is -0.129. The number of amides is 1. The zero-order valence-electron chi connectivity index (χ0n) is 18.4. The van der Waals surface area contributed by atoms with Crippen molar-refractivity contribution in [3.8, 4) is 0 Å². The van der Waals surface area contributed by atoms with Crippen LogP contribution in [0.3, 0.4) is 0 Å². The number of likely N-dealkylation sites (N-methyl/N-ethyl adjacent to an activating group) is 1. The number of carbonyl (C=O) groups is 1. The highest BCUT2D eigenvalue weighted by atomic mass is 35.5. The molecule has 0 bridgehead atoms. The highest BCUT2D eigenvalue weighted by molar-refractivity contribution is 7.88. The molecular formula is C20H25ClN8O3S. The molecule has 0 unspecified atom stereocenters. The van der Waals surface area contributed by atoms with Gasteiger partial charge in [0.2, 0.25) is 21.9 Å². The van der Waals surface area contributed by atoms with Gasteiger partial charge in [0.15, 0.2) is 5.82 Å². The van der Waals surface area contributed by atoms with Crippen LogP contribution in [-0.2, 0) is 34.5 Å². The summed E-state index contributed by atoms with van der Waals surface area (Å²) in [7, 11) is 0.102. The van der Waals surface area contributed by atoms with Gasteiger partial charge in [0, 0.05) is 33.4 Å². The smallest absolute Gasteiger partial charge is 0.243 e. The van der Waals surface area contributed by atoms with Crippen molar-refractivity contribution in [2.75, 3.05) is 31.0 Å². The van der Waals surface area contributed by atoms with Crippen LogP contribution in [0.2, 0.25) is 5.02 Å². The van der Waals surface area contributed by atoms with Gasteiger partial charge >= 0.3 is 0 Å². The normalized spacial score (nSPS) is 11.3. The van der Waals surface area contributed by atoms with Gasteiger partial charge in [-0.15, -0.1) is 0 Å². The van der Waals surface area contributed by atoms with Crippen LogP contribution in [-0.4, -0.2) is 59.3 Å². The van der Waals surface area contributed by atoms with E-state index in [4.69, 9.17) is 11.6 Å². The Bertz CT molecular complexity index is 1230. The Labute approximate surface area is 197 Å². The van der Waals surface area contributed by atoms with Crippen molar-refractivity contribution in [1.82, 2.24) is 29.4 Å². The first-order valence-corrected chi connectivity index (χ1v) is 12.1. The summed E-state index contributed by atoms with van der Waals surface area (Å²) in [6.45, 7) is 0.762. The molecule has 0 saturated carbocycles. The van der Waals surface area contributed by atoms with Crippen LogP contribution in [0.25, 0.3) is 0 Å². The number of rotatable bonds is 10. The number of nitrogens with zero attached hydrogens (tertiary/aromatic N) is 5. The molecular weight excluding hydrogens is 468 g/mol. The molecule has 11 nitrogen and oxygen atoms in total. The second-order valence-electron chi connectivity index (χ2n) is 7.50. The fourth-order valence-corrected chi connectivity index (χ4v) is 3.31. The lowest BCUT2D eigenvalue weighted by Gasteiger charge is -2.11.